The Labute approximate surface area is 137 Å². The van der Waals surface area contributed by atoms with Gasteiger partial charge in [-0.1, -0.05) is 18.7 Å². The Morgan fingerprint density at radius 1 is 1.13 bits per heavy atom. The van der Waals surface area contributed by atoms with E-state index in [9.17, 15) is 4.79 Å². The molecule has 23 heavy (non-hydrogen) atoms. The van der Waals surface area contributed by atoms with Gasteiger partial charge in [-0.3, -0.25) is 0 Å². The molecule has 4 aliphatic rings. The van der Waals surface area contributed by atoms with Crippen LogP contribution in [0.2, 0.25) is 0 Å². The SMILES string of the molecule is C=Cc1ccc(C(=O)OC2C3CC4CC(C3)CC2C4)cc1OC. The van der Waals surface area contributed by atoms with Crippen LogP contribution in [0, 0.1) is 23.7 Å². The van der Waals surface area contributed by atoms with Crippen LogP contribution in [0.4, 0.5) is 0 Å². The van der Waals surface area contributed by atoms with Crippen LogP contribution in [-0.4, -0.2) is 19.2 Å². The van der Waals surface area contributed by atoms with E-state index in [1.54, 1.807) is 25.3 Å². The number of carbonyl (C=O) groups is 1. The van der Waals surface area contributed by atoms with Crippen molar-refractivity contribution < 1.29 is 14.3 Å². The molecular formula is C20H24O3. The van der Waals surface area contributed by atoms with Crippen molar-refractivity contribution in [1.82, 2.24) is 0 Å². The summed E-state index contributed by atoms with van der Waals surface area (Å²) in [5, 5.41) is 0. The molecule has 0 aliphatic heterocycles. The number of methoxy groups -OCH3 is 1. The summed E-state index contributed by atoms with van der Waals surface area (Å²) in [6, 6.07) is 5.42. The molecule has 0 heterocycles. The van der Waals surface area contributed by atoms with Crippen molar-refractivity contribution in [3.63, 3.8) is 0 Å². The second kappa shape index (κ2) is 5.70. The summed E-state index contributed by atoms with van der Waals surface area (Å²) in [6.45, 7) is 3.76. The lowest BCUT2D eigenvalue weighted by Crippen LogP contribution is -2.50. The van der Waals surface area contributed by atoms with Gasteiger partial charge in [0.1, 0.15) is 11.9 Å². The molecule has 3 nitrogen and oxygen atoms in total. The largest absolute Gasteiger partial charge is 0.496 e. The highest BCUT2D eigenvalue weighted by atomic mass is 16.5. The third-order valence-electron chi connectivity index (χ3n) is 6.07. The van der Waals surface area contributed by atoms with E-state index in [0.717, 1.165) is 17.4 Å². The maximum absolute atomic E-state index is 12.6. The van der Waals surface area contributed by atoms with Crippen molar-refractivity contribution in [2.24, 2.45) is 23.7 Å². The van der Waals surface area contributed by atoms with E-state index >= 15 is 0 Å². The van der Waals surface area contributed by atoms with Crippen molar-refractivity contribution in [2.75, 3.05) is 7.11 Å². The Morgan fingerprint density at radius 3 is 2.35 bits per heavy atom. The highest BCUT2D eigenvalue weighted by molar-refractivity contribution is 5.90. The van der Waals surface area contributed by atoms with Crippen LogP contribution >= 0.6 is 0 Å². The summed E-state index contributed by atoms with van der Waals surface area (Å²) in [4.78, 5) is 12.6. The van der Waals surface area contributed by atoms with Gasteiger partial charge in [0.15, 0.2) is 0 Å². The van der Waals surface area contributed by atoms with Crippen LogP contribution in [-0.2, 0) is 4.74 Å². The summed E-state index contributed by atoms with van der Waals surface area (Å²) in [7, 11) is 1.61. The van der Waals surface area contributed by atoms with Gasteiger partial charge in [-0.25, -0.2) is 4.79 Å². The molecule has 5 rings (SSSR count). The number of ether oxygens (including phenoxy) is 2. The molecule has 122 valence electrons. The normalized spacial score (nSPS) is 34.2. The second-order valence-electron chi connectivity index (χ2n) is 7.46. The summed E-state index contributed by atoms with van der Waals surface area (Å²) in [6.07, 6.45) is 8.28. The highest BCUT2D eigenvalue weighted by Gasteiger charge is 2.49. The van der Waals surface area contributed by atoms with Crippen LogP contribution in [0.1, 0.15) is 48.0 Å². The lowest BCUT2D eigenvalue weighted by Gasteiger charge is -2.53. The molecule has 0 saturated heterocycles. The molecular weight excluding hydrogens is 288 g/mol. The highest BCUT2D eigenvalue weighted by Crippen LogP contribution is 2.54. The Morgan fingerprint density at radius 2 is 1.78 bits per heavy atom. The first kappa shape index (κ1) is 14.8. The lowest BCUT2D eigenvalue weighted by molar-refractivity contribution is -0.101. The van der Waals surface area contributed by atoms with Crippen molar-refractivity contribution in [2.45, 2.75) is 38.2 Å². The first-order valence-electron chi connectivity index (χ1n) is 8.69. The maximum Gasteiger partial charge on any atom is 0.338 e. The van der Waals surface area contributed by atoms with E-state index < -0.39 is 0 Å². The van der Waals surface area contributed by atoms with Crippen LogP contribution in [0.5, 0.6) is 5.75 Å². The van der Waals surface area contributed by atoms with Crippen LogP contribution < -0.4 is 4.74 Å². The number of carbonyl (C=O) groups excluding carboxylic acids is 1. The first-order chi connectivity index (χ1) is 11.2. The van der Waals surface area contributed by atoms with E-state index in [-0.39, 0.29) is 12.1 Å². The third-order valence-corrected chi connectivity index (χ3v) is 6.07. The topological polar surface area (TPSA) is 35.5 Å². The van der Waals surface area contributed by atoms with E-state index in [1.165, 1.54) is 32.1 Å². The minimum Gasteiger partial charge on any atom is -0.496 e. The Kier molecular flexibility index (Phi) is 3.67. The minimum atomic E-state index is -0.212. The molecule has 4 fully saturated rings. The van der Waals surface area contributed by atoms with Crippen LogP contribution in [0.15, 0.2) is 24.8 Å². The smallest absolute Gasteiger partial charge is 0.338 e. The van der Waals surface area contributed by atoms with E-state index in [4.69, 9.17) is 9.47 Å². The number of hydrogen-bond acceptors (Lipinski definition) is 3. The Hall–Kier alpha value is -1.77. The van der Waals surface area contributed by atoms with Crippen LogP contribution in [0.25, 0.3) is 6.08 Å². The zero-order valence-corrected chi connectivity index (χ0v) is 13.7. The maximum atomic E-state index is 12.6. The molecule has 1 aromatic carbocycles. The summed E-state index contributed by atoms with van der Waals surface area (Å²) in [5.74, 6) is 3.41. The van der Waals surface area contributed by atoms with Gasteiger partial charge in [0.25, 0.3) is 0 Å². The van der Waals surface area contributed by atoms with Gasteiger partial charge in [-0.05, 0) is 67.9 Å². The fourth-order valence-corrected chi connectivity index (χ4v) is 5.27. The fraction of sp³-hybridized carbons (Fsp3) is 0.550. The van der Waals surface area contributed by atoms with Crippen LogP contribution in [0.3, 0.4) is 0 Å². The standard InChI is InChI=1S/C20H24O3/c1-3-14-4-5-15(11-18(14)22-2)20(21)23-19-16-7-12-6-13(9-16)10-17(19)8-12/h3-5,11-13,16-17,19H,1,6-10H2,2H3. The van der Waals surface area contributed by atoms with Gasteiger partial charge in [0, 0.05) is 5.56 Å². The minimum absolute atomic E-state index is 0.125. The van der Waals surface area contributed by atoms with Crippen molar-refractivity contribution in [3.05, 3.63) is 35.9 Å². The summed E-state index contributed by atoms with van der Waals surface area (Å²) in [5.41, 5.74) is 1.46. The van der Waals surface area contributed by atoms with Gasteiger partial charge >= 0.3 is 5.97 Å². The number of rotatable bonds is 4. The van der Waals surface area contributed by atoms with Crippen molar-refractivity contribution >= 4 is 12.0 Å². The Balaban J connectivity index is 1.51. The van der Waals surface area contributed by atoms with Gasteiger partial charge in [0.05, 0.1) is 12.7 Å². The van der Waals surface area contributed by atoms with E-state index in [2.05, 4.69) is 6.58 Å². The molecule has 0 radical (unpaired) electrons. The predicted octanol–water partition coefficient (Wildman–Crippen LogP) is 4.32. The zero-order chi connectivity index (χ0) is 16.0. The average molecular weight is 312 g/mol. The molecule has 0 N–H and O–H groups in total. The molecule has 0 amide bonds. The average Bonchev–Trinajstić information content (AvgIpc) is 2.56. The molecule has 0 spiro atoms. The van der Waals surface area contributed by atoms with Gasteiger partial charge in [-0.2, -0.15) is 0 Å². The predicted molar refractivity (Wildman–Crippen MR) is 89.3 cm³/mol. The molecule has 0 atom stereocenters. The Bertz CT molecular complexity index is 606. The summed E-state index contributed by atoms with van der Waals surface area (Å²) >= 11 is 0. The summed E-state index contributed by atoms with van der Waals surface area (Å²) < 4.78 is 11.3. The number of esters is 1. The molecule has 4 aliphatic carbocycles. The molecule has 4 bridgehead atoms. The van der Waals surface area contributed by atoms with Gasteiger partial charge < -0.3 is 9.47 Å². The number of benzene rings is 1. The van der Waals surface area contributed by atoms with E-state index in [0.29, 0.717) is 23.1 Å². The second-order valence-corrected chi connectivity index (χ2v) is 7.46. The van der Waals surface area contributed by atoms with E-state index in [1.807, 2.05) is 6.07 Å². The monoisotopic (exact) mass is 312 g/mol. The fourth-order valence-electron chi connectivity index (χ4n) is 5.27. The molecule has 4 saturated carbocycles. The van der Waals surface area contributed by atoms with Crippen molar-refractivity contribution in [3.8, 4) is 5.75 Å². The van der Waals surface area contributed by atoms with Gasteiger partial charge in [0.2, 0.25) is 0 Å². The number of hydrogen-bond donors (Lipinski definition) is 0. The van der Waals surface area contributed by atoms with Crippen molar-refractivity contribution in [1.29, 1.82) is 0 Å². The lowest BCUT2D eigenvalue weighted by atomic mass is 9.55. The molecule has 3 heteroatoms. The molecule has 0 unspecified atom stereocenters. The molecule has 1 aromatic rings. The first-order valence-corrected chi connectivity index (χ1v) is 8.69. The van der Waals surface area contributed by atoms with Gasteiger partial charge in [-0.15, -0.1) is 0 Å². The molecule has 0 aromatic heterocycles. The quantitative estimate of drug-likeness (QED) is 0.777. The zero-order valence-electron chi connectivity index (χ0n) is 13.7. The third kappa shape index (κ3) is 2.56.